The maximum absolute atomic E-state index is 11.9. The zero-order chi connectivity index (χ0) is 15.2. The van der Waals surface area contributed by atoms with Crippen molar-refractivity contribution >= 4 is 5.91 Å². The van der Waals surface area contributed by atoms with Gasteiger partial charge < -0.3 is 4.74 Å². The summed E-state index contributed by atoms with van der Waals surface area (Å²) in [5.41, 5.74) is 10.5. The molecule has 1 aromatic carbocycles. The number of rotatable bonds is 5. The molecule has 1 heterocycles. The van der Waals surface area contributed by atoms with E-state index >= 15 is 0 Å². The van der Waals surface area contributed by atoms with Crippen LogP contribution in [0.1, 0.15) is 28.4 Å². The molecule has 21 heavy (non-hydrogen) atoms. The van der Waals surface area contributed by atoms with E-state index in [4.69, 9.17) is 10.3 Å². The number of amides is 1. The predicted molar refractivity (Wildman–Crippen MR) is 76.8 cm³/mol. The summed E-state index contributed by atoms with van der Waals surface area (Å²) < 4.78 is 7.24. The van der Waals surface area contributed by atoms with Gasteiger partial charge in [-0.25, -0.2) is 0 Å². The Balaban J connectivity index is 2.30. The topological polar surface area (TPSA) is 92.9 Å². The molecular formula is C14H15N5O2. The Kier molecular flexibility index (Phi) is 4.58. The van der Waals surface area contributed by atoms with E-state index in [9.17, 15) is 4.79 Å². The Bertz CT molecular complexity index is 701. The lowest BCUT2D eigenvalue weighted by Gasteiger charge is -2.12. The van der Waals surface area contributed by atoms with Gasteiger partial charge in [-0.05, 0) is 22.6 Å². The molecule has 2 aromatic rings. The summed E-state index contributed by atoms with van der Waals surface area (Å²) in [5, 5.41) is 7.28. The van der Waals surface area contributed by atoms with Crippen LogP contribution in [0.2, 0.25) is 0 Å². The van der Waals surface area contributed by atoms with Crippen molar-refractivity contribution in [3.63, 3.8) is 0 Å². The highest BCUT2D eigenvalue weighted by molar-refractivity contribution is 5.96. The van der Waals surface area contributed by atoms with Crippen LogP contribution in [-0.2, 0) is 20.1 Å². The van der Waals surface area contributed by atoms with Crippen molar-refractivity contribution in [3.05, 3.63) is 57.6 Å². The number of benzene rings is 1. The molecule has 0 unspecified atom stereocenters. The molecule has 7 nitrogen and oxygen atoms in total. The molecule has 0 aliphatic carbocycles. The highest BCUT2D eigenvalue weighted by Crippen LogP contribution is 2.19. The number of hydrogen-bond donors (Lipinski definition) is 0. The zero-order valence-electron chi connectivity index (χ0n) is 11.9. The van der Waals surface area contributed by atoms with Crippen LogP contribution in [0.4, 0.5) is 0 Å². The number of hydrogen-bond acceptors (Lipinski definition) is 3. The van der Waals surface area contributed by atoms with E-state index in [2.05, 4.69) is 15.1 Å². The minimum atomic E-state index is -0.604. The molecule has 0 saturated carbocycles. The number of aromatic nitrogens is 2. The lowest BCUT2D eigenvalue weighted by Crippen LogP contribution is -2.08. The SMILES string of the molecule is CCc1cccc(C(=O)N=[N+]=[N-])c1COc1ccn(C)n1. The van der Waals surface area contributed by atoms with Gasteiger partial charge in [0.15, 0.2) is 0 Å². The maximum atomic E-state index is 11.9. The summed E-state index contributed by atoms with van der Waals surface area (Å²) in [6.07, 6.45) is 2.52. The molecule has 7 heteroatoms. The van der Waals surface area contributed by atoms with Crippen molar-refractivity contribution < 1.29 is 9.53 Å². The van der Waals surface area contributed by atoms with E-state index in [-0.39, 0.29) is 6.61 Å². The first-order chi connectivity index (χ1) is 10.2. The lowest BCUT2D eigenvalue weighted by atomic mass is 9.99. The second-order valence-corrected chi connectivity index (χ2v) is 4.41. The molecule has 0 spiro atoms. The van der Waals surface area contributed by atoms with Gasteiger partial charge in [0, 0.05) is 35.3 Å². The molecule has 0 atom stereocenters. The van der Waals surface area contributed by atoms with Crippen molar-refractivity contribution in [2.75, 3.05) is 0 Å². The molecular weight excluding hydrogens is 270 g/mol. The van der Waals surface area contributed by atoms with Gasteiger partial charge in [-0.3, -0.25) is 9.48 Å². The molecule has 1 amide bonds. The van der Waals surface area contributed by atoms with Crippen LogP contribution < -0.4 is 4.74 Å². The molecule has 0 saturated heterocycles. The van der Waals surface area contributed by atoms with Gasteiger partial charge in [-0.1, -0.05) is 25.1 Å². The first-order valence-electron chi connectivity index (χ1n) is 6.48. The lowest BCUT2D eigenvalue weighted by molar-refractivity contribution is 0.0997. The zero-order valence-corrected chi connectivity index (χ0v) is 11.9. The van der Waals surface area contributed by atoms with Gasteiger partial charge in [0.2, 0.25) is 11.8 Å². The smallest absolute Gasteiger partial charge is 0.249 e. The van der Waals surface area contributed by atoms with Gasteiger partial charge in [0.25, 0.3) is 0 Å². The third kappa shape index (κ3) is 3.40. The van der Waals surface area contributed by atoms with Crippen LogP contribution in [0.15, 0.2) is 35.6 Å². The fourth-order valence-corrected chi connectivity index (χ4v) is 2.05. The average Bonchev–Trinajstić information content (AvgIpc) is 2.90. The number of carbonyl (C=O) groups is 1. The van der Waals surface area contributed by atoms with Crippen molar-refractivity contribution in [3.8, 4) is 5.88 Å². The number of nitrogens with zero attached hydrogens (tertiary/aromatic N) is 5. The Morgan fingerprint density at radius 1 is 1.48 bits per heavy atom. The van der Waals surface area contributed by atoms with Crippen LogP contribution in [0, 0.1) is 0 Å². The minimum absolute atomic E-state index is 0.197. The van der Waals surface area contributed by atoms with Gasteiger partial charge in [0.1, 0.15) is 6.61 Å². The highest BCUT2D eigenvalue weighted by atomic mass is 16.5. The largest absolute Gasteiger partial charge is 0.472 e. The molecule has 1 aromatic heterocycles. The van der Waals surface area contributed by atoms with Crippen LogP contribution in [-0.4, -0.2) is 15.7 Å². The van der Waals surface area contributed by atoms with E-state index < -0.39 is 5.91 Å². The van der Waals surface area contributed by atoms with Crippen LogP contribution in [0.3, 0.4) is 0 Å². The third-order valence-electron chi connectivity index (χ3n) is 3.07. The number of azide groups is 1. The molecule has 0 aliphatic rings. The van der Waals surface area contributed by atoms with Crippen molar-refractivity contribution in [1.29, 1.82) is 0 Å². The maximum Gasteiger partial charge on any atom is 0.249 e. The Labute approximate surface area is 121 Å². The molecule has 108 valence electrons. The average molecular weight is 285 g/mol. The molecule has 0 radical (unpaired) electrons. The number of ether oxygens (including phenoxy) is 1. The van der Waals surface area contributed by atoms with Gasteiger partial charge in [-0.15, -0.1) is 5.10 Å². The summed E-state index contributed by atoms with van der Waals surface area (Å²) in [7, 11) is 1.80. The monoisotopic (exact) mass is 285 g/mol. The quantitative estimate of drug-likeness (QED) is 0.480. The van der Waals surface area contributed by atoms with Crippen molar-refractivity contribution in [2.45, 2.75) is 20.0 Å². The standard InChI is InChI=1S/C14H15N5O2/c1-3-10-5-4-6-11(14(20)16-18-15)12(10)9-21-13-7-8-19(2)17-13/h4-8H,3,9H2,1-2H3. The first kappa shape index (κ1) is 14.6. The summed E-state index contributed by atoms with van der Waals surface area (Å²) in [4.78, 5) is 14.4. The Hall–Kier alpha value is -2.79. The second-order valence-electron chi connectivity index (χ2n) is 4.41. The van der Waals surface area contributed by atoms with E-state index in [1.165, 1.54) is 0 Å². The van der Waals surface area contributed by atoms with E-state index in [1.54, 1.807) is 36.1 Å². The van der Waals surface area contributed by atoms with E-state index in [1.807, 2.05) is 13.0 Å². The Morgan fingerprint density at radius 3 is 2.90 bits per heavy atom. The van der Waals surface area contributed by atoms with Gasteiger partial charge in [0.05, 0.1) is 0 Å². The number of carbonyl (C=O) groups excluding carboxylic acids is 1. The Morgan fingerprint density at radius 2 is 2.29 bits per heavy atom. The fourth-order valence-electron chi connectivity index (χ4n) is 2.05. The molecule has 0 aliphatic heterocycles. The van der Waals surface area contributed by atoms with E-state index in [0.29, 0.717) is 11.4 Å². The normalized spacial score (nSPS) is 10.0. The van der Waals surface area contributed by atoms with Crippen molar-refractivity contribution in [2.24, 2.45) is 12.2 Å². The van der Waals surface area contributed by atoms with Gasteiger partial charge in [-0.2, -0.15) is 0 Å². The van der Waals surface area contributed by atoms with Crippen molar-refractivity contribution in [1.82, 2.24) is 9.78 Å². The predicted octanol–water partition coefficient (Wildman–Crippen LogP) is 3.01. The fraction of sp³-hybridized carbons (Fsp3) is 0.286. The highest BCUT2D eigenvalue weighted by Gasteiger charge is 2.14. The van der Waals surface area contributed by atoms with Gasteiger partial charge >= 0.3 is 0 Å². The summed E-state index contributed by atoms with van der Waals surface area (Å²) in [5.74, 6) is -0.127. The molecule has 0 bridgehead atoms. The molecule has 0 fully saturated rings. The van der Waals surface area contributed by atoms with Crippen LogP contribution in [0.5, 0.6) is 5.88 Å². The van der Waals surface area contributed by atoms with E-state index in [0.717, 1.165) is 17.5 Å². The summed E-state index contributed by atoms with van der Waals surface area (Å²) in [6, 6.07) is 7.06. The van der Waals surface area contributed by atoms with Crippen LogP contribution in [0.25, 0.3) is 10.4 Å². The summed E-state index contributed by atoms with van der Waals surface area (Å²) in [6.45, 7) is 2.18. The van der Waals surface area contributed by atoms with Crippen LogP contribution >= 0.6 is 0 Å². The summed E-state index contributed by atoms with van der Waals surface area (Å²) >= 11 is 0. The third-order valence-corrected chi connectivity index (χ3v) is 3.07. The molecule has 0 N–H and O–H groups in total. The second kappa shape index (κ2) is 6.58. The number of aryl methyl sites for hydroxylation is 2. The minimum Gasteiger partial charge on any atom is -0.472 e. The molecule has 2 rings (SSSR count). The first-order valence-corrected chi connectivity index (χ1v) is 6.48.